The summed E-state index contributed by atoms with van der Waals surface area (Å²) in [5.74, 6) is -0.0833. The molecule has 3 rings (SSSR count). The van der Waals surface area contributed by atoms with Gasteiger partial charge in [-0.1, -0.05) is 42.8 Å². The van der Waals surface area contributed by atoms with Crippen molar-refractivity contribution in [2.24, 2.45) is 5.92 Å². The van der Waals surface area contributed by atoms with Crippen LogP contribution in [0.4, 0.5) is 5.95 Å². The molecule has 6 heteroatoms. The molecule has 0 saturated carbocycles. The number of nitrogens with one attached hydrogen (secondary N) is 1. The molecule has 0 aliphatic carbocycles. The third kappa shape index (κ3) is 2.91. The summed E-state index contributed by atoms with van der Waals surface area (Å²) in [6.45, 7) is 6.24. The summed E-state index contributed by atoms with van der Waals surface area (Å²) in [6.07, 6.45) is 4.33. The van der Waals surface area contributed by atoms with E-state index in [1.807, 2.05) is 45.0 Å². The first-order valence-corrected chi connectivity index (χ1v) is 8.25. The van der Waals surface area contributed by atoms with E-state index in [-0.39, 0.29) is 12.0 Å². The predicted molar refractivity (Wildman–Crippen MR) is 91.5 cm³/mol. The Balaban J connectivity index is 2.15. The van der Waals surface area contributed by atoms with Gasteiger partial charge < -0.3 is 10.1 Å². The molecule has 1 aromatic heterocycles. The van der Waals surface area contributed by atoms with Crippen molar-refractivity contribution in [1.82, 2.24) is 14.8 Å². The highest BCUT2D eigenvalue weighted by Gasteiger charge is 2.41. The van der Waals surface area contributed by atoms with Crippen molar-refractivity contribution in [2.75, 3.05) is 11.9 Å². The maximum Gasteiger partial charge on any atom is 0.317 e. The number of carbonyl (C=O) groups excluding carboxylic acids is 1. The molecular formula is C18H22N4O2. The second kappa shape index (κ2) is 6.86. The van der Waals surface area contributed by atoms with Crippen molar-refractivity contribution in [3.8, 4) is 0 Å². The first kappa shape index (κ1) is 16.2. The number of hydrogen-bond acceptors (Lipinski definition) is 5. The van der Waals surface area contributed by atoms with Crippen LogP contribution in [0.15, 0.2) is 42.4 Å². The normalized spacial score (nSPS) is 21.2. The molecule has 1 aromatic carbocycles. The molecule has 1 aliphatic heterocycles. The van der Waals surface area contributed by atoms with Crippen LogP contribution in [0.5, 0.6) is 0 Å². The summed E-state index contributed by atoms with van der Waals surface area (Å²) < 4.78 is 7.12. The third-order valence-corrected chi connectivity index (χ3v) is 4.09. The first-order valence-electron chi connectivity index (χ1n) is 8.25. The number of fused-ring (bicyclic) bond motifs is 1. The van der Waals surface area contributed by atoms with Crippen LogP contribution >= 0.6 is 0 Å². The molecule has 0 spiro atoms. The van der Waals surface area contributed by atoms with Gasteiger partial charge in [-0.15, -0.1) is 0 Å². The Hall–Kier alpha value is -2.63. The molecule has 1 N–H and O–H groups in total. The molecule has 126 valence electrons. The second-order valence-corrected chi connectivity index (χ2v) is 5.81. The Morgan fingerprint density at radius 2 is 2.25 bits per heavy atom. The zero-order valence-corrected chi connectivity index (χ0v) is 14.2. The van der Waals surface area contributed by atoms with E-state index in [2.05, 4.69) is 21.5 Å². The first-order chi connectivity index (χ1) is 11.7. The van der Waals surface area contributed by atoms with Gasteiger partial charge in [-0.25, -0.2) is 4.68 Å². The van der Waals surface area contributed by atoms with Gasteiger partial charge >= 0.3 is 5.97 Å². The van der Waals surface area contributed by atoms with Crippen molar-refractivity contribution >= 4 is 11.9 Å². The van der Waals surface area contributed by atoms with Gasteiger partial charge in [-0.3, -0.25) is 4.79 Å². The van der Waals surface area contributed by atoms with Gasteiger partial charge in [-0.05, 0) is 25.8 Å². The standard InChI is InChI=1S/C18H22N4O2/c1-4-7-14-15(17(23)24-5-2)16(13-9-6-8-12(3)10-13)22-18(21-14)19-11-20-22/h6-11,15-16H,4-5H2,1-3H3,(H,19,20,21)/b14-7+/t15-,16+/m1/s1. The van der Waals surface area contributed by atoms with Crippen LogP contribution in [-0.4, -0.2) is 27.3 Å². The fourth-order valence-electron chi connectivity index (χ4n) is 3.13. The minimum absolute atomic E-state index is 0.252. The van der Waals surface area contributed by atoms with Crippen molar-refractivity contribution < 1.29 is 9.53 Å². The Kier molecular flexibility index (Phi) is 4.64. The Bertz CT molecular complexity index is 766. The number of benzene rings is 1. The quantitative estimate of drug-likeness (QED) is 0.875. The van der Waals surface area contributed by atoms with Crippen molar-refractivity contribution in [1.29, 1.82) is 0 Å². The van der Waals surface area contributed by atoms with E-state index in [0.29, 0.717) is 12.6 Å². The van der Waals surface area contributed by atoms with Crippen LogP contribution < -0.4 is 5.32 Å². The van der Waals surface area contributed by atoms with Crippen LogP contribution in [0.2, 0.25) is 0 Å². The van der Waals surface area contributed by atoms with Gasteiger partial charge in [0.25, 0.3) is 0 Å². The predicted octanol–water partition coefficient (Wildman–Crippen LogP) is 3.07. The number of esters is 1. The monoisotopic (exact) mass is 326 g/mol. The molecule has 0 radical (unpaired) electrons. The summed E-state index contributed by atoms with van der Waals surface area (Å²) in [6, 6.07) is 7.85. The molecule has 0 fully saturated rings. The number of hydrogen-bond donors (Lipinski definition) is 1. The van der Waals surface area contributed by atoms with Gasteiger partial charge in [0.1, 0.15) is 12.2 Å². The Morgan fingerprint density at radius 1 is 1.42 bits per heavy atom. The van der Waals surface area contributed by atoms with Crippen LogP contribution in [-0.2, 0) is 9.53 Å². The number of rotatable bonds is 4. The molecule has 2 aromatic rings. The van der Waals surface area contributed by atoms with E-state index >= 15 is 0 Å². The molecule has 6 nitrogen and oxygen atoms in total. The summed E-state index contributed by atoms with van der Waals surface area (Å²) in [5, 5.41) is 7.57. The highest BCUT2D eigenvalue weighted by Crippen LogP contribution is 2.38. The number of aromatic nitrogens is 3. The summed E-state index contributed by atoms with van der Waals surface area (Å²) in [7, 11) is 0. The van der Waals surface area contributed by atoms with E-state index in [1.165, 1.54) is 6.33 Å². The van der Waals surface area contributed by atoms with Gasteiger partial charge in [-0.2, -0.15) is 10.1 Å². The number of nitrogens with zero attached hydrogens (tertiary/aromatic N) is 3. The summed E-state index contributed by atoms with van der Waals surface area (Å²) in [5.41, 5.74) is 2.97. The molecule has 2 heterocycles. The number of anilines is 1. The average molecular weight is 326 g/mol. The second-order valence-electron chi connectivity index (χ2n) is 5.81. The Labute approximate surface area is 141 Å². The van der Waals surface area contributed by atoms with Crippen LogP contribution in [0.1, 0.15) is 37.4 Å². The number of carbonyl (C=O) groups is 1. The minimum Gasteiger partial charge on any atom is -0.465 e. The van der Waals surface area contributed by atoms with Gasteiger partial charge in [0, 0.05) is 5.70 Å². The summed E-state index contributed by atoms with van der Waals surface area (Å²) >= 11 is 0. The Morgan fingerprint density at radius 3 is 2.96 bits per heavy atom. The van der Waals surface area contributed by atoms with E-state index in [9.17, 15) is 4.79 Å². The molecule has 0 unspecified atom stereocenters. The number of ether oxygens (including phenoxy) is 1. The molecule has 2 atom stereocenters. The van der Waals surface area contributed by atoms with Crippen molar-refractivity contribution in [3.05, 3.63) is 53.5 Å². The van der Waals surface area contributed by atoms with Crippen molar-refractivity contribution in [3.63, 3.8) is 0 Å². The average Bonchev–Trinajstić information content (AvgIpc) is 3.02. The lowest BCUT2D eigenvalue weighted by molar-refractivity contribution is -0.147. The van der Waals surface area contributed by atoms with Crippen LogP contribution in [0.25, 0.3) is 0 Å². The van der Waals surface area contributed by atoms with Gasteiger partial charge in [0.2, 0.25) is 5.95 Å². The zero-order valence-electron chi connectivity index (χ0n) is 14.2. The van der Waals surface area contributed by atoms with Crippen LogP contribution in [0.3, 0.4) is 0 Å². The lowest BCUT2D eigenvalue weighted by atomic mass is 9.87. The van der Waals surface area contributed by atoms with Crippen LogP contribution in [0, 0.1) is 12.8 Å². The maximum absolute atomic E-state index is 12.7. The van der Waals surface area contributed by atoms with Crippen molar-refractivity contribution in [2.45, 2.75) is 33.2 Å². The van der Waals surface area contributed by atoms with E-state index in [0.717, 1.165) is 23.2 Å². The highest BCUT2D eigenvalue weighted by atomic mass is 16.5. The largest absolute Gasteiger partial charge is 0.465 e. The molecule has 1 aliphatic rings. The topological polar surface area (TPSA) is 69.0 Å². The molecule has 0 saturated heterocycles. The third-order valence-electron chi connectivity index (χ3n) is 4.09. The minimum atomic E-state index is -0.471. The lowest BCUT2D eigenvalue weighted by Crippen LogP contribution is -2.38. The fourth-order valence-corrected chi connectivity index (χ4v) is 3.13. The van der Waals surface area contributed by atoms with Gasteiger partial charge in [0.05, 0.1) is 12.6 Å². The van der Waals surface area contributed by atoms with E-state index in [1.54, 1.807) is 4.68 Å². The van der Waals surface area contributed by atoms with E-state index in [4.69, 9.17) is 4.74 Å². The maximum atomic E-state index is 12.7. The molecular weight excluding hydrogens is 304 g/mol. The highest BCUT2D eigenvalue weighted by molar-refractivity contribution is 5.79. The number of aryl methyl sites for hydroxylation is 1. The SMILES string of the molecule is CC/C=C1/Nc2ncnn2[C@@H](c2cccc(C)c2)[C@@H]1C(=O)OCC. The number of allylic oxidation sites excluding steroid dienone is 1. The summed E-state index contributed by atoms with van der Waals surface area (Å²) in [4.78, 5) is 17.0. The van der Waals surface area contributed by atoms with Gasteiger partial charge in [0.15, 0.2) is 0 Å². The smallest absolute Gasteiger partial charge is 0.317 e. The fraction of sp³-hybridized carbons (Fsp3) is 0.389. The molecule has 24 heavy (non-hydrogen) atoms. The molecule has 0 bridgehead atoms. The van der Waals surface area contributed by atoms with E-state index < -0.39 is 5.92 Å². The lowest BCUT2D eigenvalue weighted by Gasteiger charge is -2.33. The zero-order chi connectivity index (χ0) is 17.1. The molecule has 0 amide bonds.